The number of amides is 2. The standard InChI is InChI=1S/C26H26N2O3/c1-18-3-7-20(8-4-18)16-27-25(29)22-11-12-24-23(15-22)17-28(13-14-31-24)26(30)21-9-5-19(2)6-10-21/h3-12,15H,13-14,16-17H2,1-2H3,(H,27,29). The molecule has 1 aliphatic heterocycles. The summed E-state index contributed by atoms with van der Waals surface area (Å²) in [5, 5.41) is 2.96. The van der Waals surface area contributed by atoms with Gasteiger partial charge in [-0.25, -0.2) is 0 Å². The Bertz CT molecular complexity index is 1090. The van der Waals surface area contributed by atoms with Crippen LogP contribution in [0.4, 0.5) is 0 Å². The zero-order valence-electron chi connectivity index (χ0n) is 17.9. The molecular weight excluding hydrogens is 388 g/mol. The van der Waals surface area contributed by atoms with Crippen molar-refractivity contribution in [2.75, 3.05) is 13.2 Å². The number of ether oxygens (including phenoxy) is 1. The largest absolute Gasteiger partial charge is 0.491 e. The molecule has 0 saturated carbocycles. The highest BCUT2D eigenvalue weighted by Gasteiger charge is 2.22. The van der Waals surface area contributed by atoms with Crippen molar-refractivity contribution in [3.05, 3.63) is 100 Å². The van der Waals surface area contributed by atoms with Crippen LogP contribution in [0.15, 0.2) is 66.7 Å². The Morgan fingerprint density at radius 3 is 2.26 bits per heavy atom. The van der Waals surface area contributed by atoms with E-state index >= 15 is 0 Å². The number of hydrogen-bond acceptors (Lipinski definition) is 3. The lowest BCUT2D eigenvalue weighted by molar-refractivity contribution is 0.0733. The molecule has 0 aliphatic carbocycles. The Kier molecular flexibility index (Phi) is 6.03. The van der Waals surface area contributed by atoms with Crippen LogP contribution in [0.2, 0.25) is 0 Å². The molecular formula is C26H26N2O3. The minimum absolute atomic E-state index is 0.0364. The van der Waals surface area contributed by atoms with Crippen molar-refractivity contribution >= 4 is 11.8 Å². The van der Waals surface area contributed by atoms with Crippen molar-refractivity contribution in [1.82, 2.24) is 10.2 Å². The molecule has 2 amide bonds. The van der Waals surface area contributed by atoms with Crippen molar-refractivity contribution in [1.29, 1.82) is 0 Å². The summed E-state index contributed by atoms with van der Waals surface area (Å²) in [5.74, 6) is 0.531. The van der Waals surface area contributed by atoms with E-state index < -0.39 is 0 Å². The molecule has 0 unspecified atom stereocenters. The van der Waals surface area contributed by atoms with Gasteiger partial charge in [0.2, 0.25) is 0 Å². The SMILES string of the molecule is Cc1ccc(CNC(=O)c2ccc3c(c2)CN(C(=O)c2ccc(C)cc2)CCO3)cc1. The fraction of sp³-hybridized carbons (Fsp3) is 0.231. The summed E-state index contributed by atoms with van der Waals surface area (Å²) in [6.45, 7) is 5.81. The molecule has 1 aliphatic rings. The number of rotatable bonds is 4. The first-order valence-electron chi connectivity index (χ1n) is 10.4. The van der Waals surface area contributed by atoms with Crippen molar-refractivity contribution in [2.45, 2.75) is 26.9 Å². The molecule has 158 valence electrons. The lowest BCUT2D eigenvalue weighted by Crippen LogP contribution is -2.32. The Hall–Kier alpha value is -3.60. The molecule has 0 fully saturated rings. The number of carbonyl (C=O) groups excluding carboxylic acids is 2. The summed E-state index contributed by atoms with van der Waals surface area (Å²) >= 11 is 0. The molecule has 0 aromatic heterocycles. The quantitative estimate of drug-likeness (QED) is 0.694. The topological polar surface area (TPSA) is 58.6 Å². The lowest BCUT2D eigenvalue weighted by Gasteiger charge is -2.20. The first-order valence-corrected chi connectivity index (χ1v) is 10.4. The number of nitrogens with one attached hydrogen (secondary N) is 1. The molecule has 31 heavy (non-hydrogen) atoms. The van der Waals surface area contributed by atoms with E-state index in [-0.39, 0.29) is 11.8 Å². The number of aryl methyl sites for hydroxylation is 2. The summed E-state index contributed by atoms with van der Waals surface area (Å²) < 4.78 is 5.83. The van der Waals surface area contributed by atoms with E-state index in [4.69, 9.17) is 4.74 Å². The van der Waals surface area contributed by atoms with Crippen LogP contribution in [-0.2, 0) is 13.1 Å². The van der Waals surface area contributed by atoms with E-state index in [1.54, 1.807) is 11.0 Å². The molecule has 0 spiro atoms. The second-order valence-corrected chi connectivity index (χ2v) is 7.93. The van der Waals surface area contributed by atoms with Crippen LogP contribution in [0.1, 0.15) is 43.0 Å². The molecule has 0 atom stereocenters. The van der Waals surface area contributed by atoms with Gasteiger partial charge >= 0.3 is 0 Å². The maximum Gasteiger partial charge on any atom is 0.254 e. The highest BCUT2D eigenvalue weighted by atomic mass is 16.5. The Morgan fingerprint density at radius 1 is 0.903 bits per heavy atom. The highest BCUT2D eigenvalue weighted by Crippen LogP contribution is 2.25. The fourth-order valence-corrected chi connectivity index (χ4v) is 3.58. The first-order chi connectivity index (χ1) is 15.0. The van der Waals surface area contributed by atoms with E-state index in [1.807, 2.05) is 74.5 Å². The van der Waals surface area contributed by atoms with Crippen molar-refractivity contribution in [3.8, 4) is 5.75 Å². The fourth-order valence-electron chi connectivity index (χ4n) is 3.58. The molecule has 0 radical (unpaired) electrons. The van der Waals surface area contributed by atoms with Crippen LogP contribution in [-0.4, -0.2) is 29.9 Å². The van der Waals surface area contributed by atoms with Crippen LogP contribution < -0.4 is 10.1 Å². The molecule has 4 rings (SSSR count). The van der Waals surface area contributed by atoms with Crippen LogP contribution in [0.3, 0.4) is 0 Å². The number of nitrogens with zero attached hydrogens (tertiary/aromatic N) is 1. The normalized spacial score (nSPS) is 13.0. The van der Waals surface area contributed by atoms with Crippen LogP contribution in [0.5, 0.6) is 5.75 Å². The van der Waals surface area contributed by atoms with Gasteiger partial charge in [-0.2, -0.15) is 0 Å². The van der Waals surface area contributed by atoms with E-state index in [0.717, 1.165) is 16.7 Å². The zero-order chi connectivity index (χ0) is 21.8. The Labute approximate surface area is 182 Å². The first kappa shape index (κ1) is 20.7. The minimum atomic E-state index is -0.149. The molecule has 0 bridgehead atoms. The van der Waals surface area contributed by atoms with Gasteiger partial charge in [-0.05, 0) is 49.7 Å². The molecule has 5 nitrogen and oxygen atoms in total. The molecule has 1 N–H and O–H groups in total. The van der Waals surface area contributed by atoms with Crippen molar-refractivity contribution in [3.63, 3.8) is 0 Å². The number of carbonyl (C=O) groups is 2. The van der Waals surface area contributed by atoms with E-state index in [9.17, 15) is 9.59 Å². The second-order valence-electron chi connectivity index (χ2n) is 7.93. The maximum absolute atomic E-state index is 13.0. The average molecular weight is 415 g/mol. The molecule has 3 aromatic rings. The van der Waals surface area contributed by atoms with Crippen molar-refractivity contribution in [2.24, 2.45) is 0 Å². The van der Waals surface area contributed by atoms with Crippen molar-refractivity contribution < 1.29 is 14.3 Å². The van der Waals surface area contributed by atoms with Crippen LogP contribution in [0.25, 0.3) is 0 Å². The van der Waals surface area contributed by atoms with Gasteiger partial charge < -0.3 is 15.0 Å². The van der Waals surface area contributed by atoms with Gasteiger partial charge in [0.1, 0.15) is 12.4 Å². The predicted molar refractivity (Wildman–Crippen MR) is 120 cm³/mol. The number of fused-ring (bicyclic) bond motifs is 1. The lowest BCUT2D eigenvalue weighted by atomic mass is 10.1. The van der Waals surface area contributed by atoms with E-state index in [1.165, 1.54) is 5.56 Å². The summed E-state index contributed by atoms with van der Waals surface area (Å²) in [6.07, 6.45) is 0. The van der Waals surface area contributed by atoms with Crippen LogP contribution in [0, 0.1) is 13.8 Å². The summed E-state index contributed by atoms with van der Waals surface area (Å²) in [7, 11) is 0. The monoisotopic (exact) mass is 414 g/mol. The maximum atomic E-state index is 13.0. The number of benzene rings is 3. The van der Waals surface area contributed by atoms with Gasteiger partial charge in [-0.1, -0.05) is 47.5 Å². The number of hydrogen-bond donors (Lipinski definition) is 1. The van der Waals surface area contributed by atoms with Gasteiger partial charge in [0, 0.05) is 29.8 Å². The van der Waals surface area contributed by atoms with Gasteiger partial charge in [-0.15, -0.1) is 0 Å². The van der Waals surface area contributed by atoms with Gasteiger partial charge in [-0.3, -0.25) is 9.59 Å². The summed E-state index contributed by atoms with van der Waals surface area (Å²) in [5.41, 5.74) is 5.39. The minimum Gasteiger partial charge on any atom is -0.491 e. The van der Waals surface area contributed by atoms with Gasteiger partial charge in [0.05, 0.1) is 6.54 Å². The van der Waals surface area contributed by atoms with Gasteiger partial charge in [0.25, 0.3) is 11.8 Å². The smallest absolute Gasteiger partial charge is 0.254 e. The zero-order valence-corrected chi connectivity index (χ0v) is 17.9. The highest BCUT2D eigenvalue weighted by molar-refractivity contribution is 5.95. The van der Waals surface area contributed by atoms with E-state index in [2.05, 4.69) is 5.32 Å². The molecule has 1 heterocycles. The summed E-state index contributed by atoms with van der Waals surface area (Å²) in [6, 6.07) is 21.0. The average Bonchev–Trinajstić information content (AvgIpc) is 3.00. The predicted octanol–water partition coefficient (Wildman–Crippen LogP) is 4.27. The Morgan fingerprint density at radius 2 is 1.55 bits per heavy atom. The third-order valence-corrected chi connectivity index (χ3v) is 5.46. The third-order valence-electron chi connectivity index (χ3n) is 5.46. The molecule has 3 aromatic carbocycles. The van der Waals surface area contributed by atoms with Gasteiger partial charge in [0.15, 0.2) is 0 Å². The molecule has 0 saturated heterocycles. The molecule has 5 heteroatoms. The van der Waals surface area contributed by atoms with E-state index in [0.29, 0.717) is 43.1 Å². The summed E-state index contributed by atoms with van der Waals surface area (Å²) in [4.78, 5) is 27.4. The second kappa shape index (κ2) is 9.04. The third kappa shape index (κ3) is 4.94. The Balaban J connectivity index is 1.47. The van der Waals surface area contributed by atoms with Crippen LogP contribution >= 0.6 is 0 Å².